The summed E-state index contributed by atoms with van der Waals surface area (Å²) in [6.45, 7) is 0.123. The molecule has 194 valence electrons. The molecule has 1 aliphatic carbocycles. The fourth-order valence-corrected chi connectivity index (χ4v) is 5.01. The lowest BCUT2D eigenvalue weighted by molar-refractivity contribution is -0.384. The second-order valence-electron chi connectivity index (χ2n) is 9.22. The topological polar surface area (TPSA) is 99.6 Å². The van der Waals surface area contributed by atoms with Gasteiger partial charge in [0.2, 0.25) is 0 Å². The van der Waals surface area contributed by atoms with Crippen molar-refractivity contribution in [2.24, 2.45) is 5.10 Å². The third kappa shape index (κ3) is 5.65. The maximum absolute atomic E-state index is 13.6. The zero-order valence-electron chi connectivity index (χ0n) is 20.3. The number of halogens is 2. The number of non-ortho nitro benzene ring substituents is 1. The zero-order chi connectivity index (χ0) is 26.6. The van der Waals surface area contributed by atoms with Gasteiger partial charge in [0.1, 0.15) is 24.0 Å². The van der Waals surface area contributed by atoms with Crippen molar-refractivity contribution in [2.45, 2.75) is 44.6 Å². The fourth-order valence-electron chi connectivity index (χ4n) is 4.65. The van der Waals surface area contributed by atoms with Gasteiger partial charge in [0, 0.05) is 28.1 Å². The van der Waals surface area contributed by atoms with E-state index in [1.807, 2.05) is 12.1 Å². The molecule has 1 fully saturated rings. The molecule has 0 amide bonds. The summed E-state index contributed by atoms with van der Waals surface area (Å²) in [7, 11) is 0. The molecule has 0 radical (unpaired) electrons. The van der Waals surface area contributed by atoms with Gasteiger partial charge >= 0.3 is 0 Å². The van der Waals surface area contributed by atoms with Crippen LogP contribution in [0.4, 0.5) is 10.1 Å². The van der Waals surface area contributed by atoms with Crippen LogP contribution in [-0.4, -0.2) is 20.8 Å². The van der Waals surface area contributed by atoms with Crippen LogP contribution in [0.15, 0.2) is 75.0 Å². The maximum Gasteiger partial charge on any atom is 0.282 e. The Labute approximate surface area is 226 Å². The summed E-state index contributed by atoms with van der Waals surface area (Å²) in [6, 6.07) is 15.4. The molecule has 0 bridgehead atoms. The number of nitrogens with zero attached hydrogens (tertiary/aromatic N) is 4. The fraction of sp³-hybridized carbons (Fsp3) is 0.250. The second kappa shape index (κ2) is 11.2. The van der Waals surface area contributed by atoms with E-state index in [0.29, 0.717) is 28.0 Å². The van der Waals surface area contributed by atoms with Gasteiger partial charge in [-0.05, 0) is 54.8 Å². The van der Waals surface area contributed by atoms with E-state index in [4.69, 9.17) is 9.72 Å². The number of hydrogen-bond acceptors (Lipinski definition) is 6. The largest absolute Gasteiger partial charge is 0.488 e. The Morgan fingerprint density at radius 2 is 1.87 bits per heavy atom. The Kier molecular flexibility index (Phi) is 7.59. The first-order valence-corrected chi connectivity index (χ1v) is 13.1. The van der Waals surface area contributed by atoms with Crippen molar-refractivity contribution >= 4 is 38.7 Å². The minimum absolute atomic E-state index is 0.0842. The first-order valence-electron chi connectivity index (χ1n) is 12.3. The van der Waals surface area contributed by atoms with E-state index in [0.717, 1.165) is 42.1 Å². The normalized spacial score (nSPS) is 14.3. The SMILES string of the molecule is O=c1c2cc(Br)ccc2nc(C2CCCCC2)n1N=Cc1cc([N+](=O)[O-])ccc1OCc1ccc(F)cc1. The van der Waals surface area contributed by atoms with Crippen LogP contribution in [0.5, 0.6) is 5.75 Å². The van der Waals surface area contributed by atoms with E-state index in [-0.39, 0.29) is 29.6 Å². The average Bonchev–Trinajstić information content (AvgIpc) is 2.93. The number of nitro groups is 1. The molecular weight excluding hydrogens is 555 g/mol. The third-order valence-corrected chi connectivity index (χ3v) is 7.12. The molecule has 0 aliphatic heterocycles. The smallest absolute Gasteiger partial charge is 0.282 e. The van der Waals surface area contributed by atoms with Gasteiger partial charge < -0.3 is 4.74 Å². The molecule has 0 N–H and O–H groups in total. The van der Waals surface area contributed by atoms with Crippen molar-refractivity contribution in [2.75, 3.05) is 0 Å². The summed E-state index contributed by atoms with van der Waals surface area (Å²) in [6.07, 6.45) is 6.46. The van der Waals surface area contributed by atoms with Gasteiger partial charge in [-0.25, -0.2) is 9.37 Å². The Hall–Kier alpha value is -3.92. The minimum Gasteiger partial charge on any atom is -0.488 e. The van der Waals surface area contributed by atoms with Crippen LogP contribution in [0.25, 0.3) is 10.9 Å². The van der Waals surface area contributed by atoms with E-state index in [2.05, 4.69) is 21.0 Å². The summed E-state index contributed by atoms with van der Waals surface area (Å²) in [5.41, 5.74) is 1.21. The van der Waals surface area contributed by atoms with Crippen molar-refractivity contribution < 1.29 is 14.1 Å². The van der Waals surface area contributed by atoms with Crippen molar-refractivity contribution in [3.8, 4) is 5.75 Å². The van der Waals surface area contributed by atoms with E-state index >= 15 is 0 Å². The Bertz CT molecular complexity index is 1580. The molecule has 0 unspecified atom stereocenters. The molecule has 4 aromatic rings. The number of ether oxygens (including phenoxy) is 1. The molecule has 10 heteroatoms. The number of fused-ring (bicyclic) bond motifs is 1. The standard InChI is InChI=1S/C28H24BrFN4O4/c29-21-8-12-25-24(15-21)28(35)33(27(32-25)19-4-2-1-3-5-19)31-16-20-14-23(34(36)37)11-13-26(20)38-17-18-6-9-22(30)10-7-18/h6-16,19H,1-5,17H2. The van der Waals surface area contributed by atoms with E-state index in [1.54, 1.807) is 18.2 Å². The van der Waals surface area contributed by atoms with Gasteiger partial charge in [-0.1, -0.05) is 47.3 Å². The lowest BCUT2D eigenvalue weighted by Gasteiger charge is -2.22. The quantitative estimate of drug-likeness (QED) is 0.138. The van der Waals surface area contributed by atoms with Gasteiger partial charge in [0.05, 0.1) is 22.0 Å². The third-order valence-electron chi connectivity index (χ3n) is 6.63. The van der Waals surface area contributed by atoms with Crippen LogP contribution in [0, 0.1) is 15.9 Å². The first kappa shape index (κ1) is 25.7. The molecule has 0 saturated heterocycles. The van der Waals surface area contributed by atoms with Crippen molar-refractivity contribution in [1.29, 1.82) is 0 Å². The number of aromatic nitrogens is 2. The second-order valence-corrected chi connectivity index (χ2v) is 10.1. The molecular formula is C28H24BrFN4O4. The molecule has 1 saturated carbocycles. The highest BCUT2D eigenvalue weighted by Gasteiger charge is 2.23. The lowest BCUT2D eigenvalue weighted by atomic mass is 9.88. The van der Waals surface area contributed by atoms with E-state index in [9.17, 15) is 19.3 Å². The van der Waals surface area contributed by atoms with Crippen LogP contribution in [0.1, 0.15) is 55.0 Å². The molecule has 0 spiro atoms. The first-order chi connectivity index (χ1) is 18.4. The van der Waals surface area contributed by atoms with Gasteiger partial charge in [-0.2, -0.15) is 9.78 Å². The van der Waals surface area contributed by atoms with Gasteiger partial charge in [-0.3, -0.25) is 14.9 Å². The van der Waals surface area contributed by atoms with Crippen LogP contribution in [0.2, 0.25) is 0 Å². The number of hydrogen-bond donors (Lipinski definition) is 0. The molecule has 5 rings (SSSR count). The monoisotopic (exact) mass is 578 g/mol. The zero-order valence-corrected chi connectivity index (χ0v) is 21.9. The Morgan fingerprint density at radius 3 is 2.61 bits per heavy atom. The Balaban J connectivity index is 1.56. The summed E-state index contributed by atoms with van der Waals surface area (Å²) in [4.78, 5) is 29.4. The molecule has 8 nitrogen and oxygen atoms in total. The Morgan fingerprint density at radius 1 is 1.11 bits per heavy atom. The highest BCUT2D eigenvalue weighted by molar-refractivity contribution is 9.10. The lowest BCUT2D eigenvalue weighted by Crippen LogP contribution is -2.25. The molecule has 0 atom stereocenters. The highest BCUT2D eigenvalue weighted by atomic mass is 79.9. The van der Waals surface area contributed by atoms with Crippen LogP contribution < -0.4 is 10.3 Å². The number of benzene rings is 3. The van der Waals surface area contributed by atoms with Crippen molar-refractivity contribution in [3.05, 3.63) is 108 Å². The molecule has 1 heterocycles. The van der Waals surface area contributed by atoms with Gasteiger partial charge in [0.25, 0.3) is 11.2 Å². The van der Waals surface area contributed by atoms with Crippen molar-refractivity contribution in [1.82, 2.24) is 9.66 Å². The number of rotatable bonds is 7. The van der Waals surface area contributed by atoms with Crippen LogP contribution in [-0.2, 0) is 6.61 Å². The van der Waals surface area contributed by atoms with E-state index in [1.165, 1.54) is 41.2 Å². The predicted molar refractivity (Wildman–Crippen MR) is 146 cm³/mol. The van der Waals surface area contributed by atoms with E-state index < -0.39 is 4.92 Å². The number of nitro benzene ring substituents is 1. The average molecular weight is 579 g/mol. The molecule has 38 heavy (non-hydrogen) atoms. The summed E-state index contributed by atoms with van der Waals surface area (Å²) >= 11 is 3.42. The summed E-state index contributed by atoms with van der Waals surface area (Å²) < 4.78 is 21.2. The molecule has 3 aromatic carbocycles. The minimum atomic E-state index is -0.504. The van der Waals surface area contributed by atoms with Gasteiger partial charge in [-0.15, -0.1) is 0 Å². The maximum atomic E-state index is 13.6. The van der Waals surface area contributed by atoms with Crippen molar-refractivity contribution in [3.63, 3.8) is 0 Å². The molecule has 1 aliphatic rings. The highest BCUT2D eigenvalue weighted by Crippen LogP contribution is 2.32. The summed E-state index contributed by atoms with van der Waals surface area (Å²) in [5.74, 6) is 0.653. The molecule has 1 aromatic heterocycles. The van der Waals surface area contributed by atoms with Crippen LogP contribution >= 0.6 is 15.9 Å². The summed E-state index contributed by atoms with van der Waals surface area (Å²) in [5, 5.41) is 16.4. The predicted octanol–water partition coefficient (Wildman–Crippen LogP) is 6.72. The van der Waals surface area contributed by atoms with Gasteiger partial charge in [0.15, 0.2) is 0 Å². The van der Waals surface area contributed by atoms with Crippen LogP contribution in [0.3, 0.4) is 0 Å².